The Hall–Kier alpha value is -3.49. The van der Waals surface area contributed by atoms with Crippen molar-refractivity contribution in [3.63, 3.8) is 0 Å². The molecule has 0 fully saturated rings. The number of anilines is 3. The summed E-state index contributed by atoms with van der Waals surface area (Å²) in [6.45, 7) is 4.43. The molecule has 1 aliphatic heterocycles. The normalized spacial score (nSPS) is 18.4. The molecule has 0 spiro atoms. The first kappa shape index (κ1) is 22.3. The minimum atomic E-state index is -3.72. The number of aromatic nitrogens is 2. The molecule has 1 aromatic heterocycles. The number of sulfone groups is 1. The number of fused-ring (bicyclic) bond motifs is 2. The van der Waals surface area contributed by atoms with Gasteiger partial charge in [0.25, 0.3) is 0 Å². The quantitative estimate of drug-likeness (QED) is 0.391. The highest BCUT2D eigenvalue weighted by Crippen LogP contribution is 2.41. The van der Waals surface area contributed by atoms with E-state index < -0.39 is 21.0 Å². The topological polar surface area (TPSA) is 95.4 Å². The fourth-order valence-corrected chi connectivity index (χ4v) is 6.68. The van der Waals surface area contributed by atoms with Crippen molar-refractivity contribution < 1.29 is 13.6 Å². The van der Waals surface area contributed by atoms with Crippen LogP contribution in [0.2, 0.25) is 0 Å². The lowest BCUT2D eigenvalue weighted by Gasteiger charge is -2.24. The Labute approximate surface area is 199 Å². The molecule has 0 amide bonds. The highest BCUT2D eigenvalue weighted by molar-refractivity contribution is 7.92. The Bertz CT molecular complexity index is 1470. The Morgan fingerprint density at radius 1 is 0.971 bits per heavy atom. The summed E-state index contributed by atoms with van der Waals surface area (Å²) in [4.78, 5) is 12.1. The van der Waals surface area contributed by atoms with Crippen LogP contribution in [-0.4, -0.2) is 35.4 Å². The molecule has 0 bridgehead atoms. The third-order valence-electron chi connectivity index (χ3n) is 6.46. The minimum absolute atomic E-state index is 0.169. The maximum atomic E-state index is 13.8. The summed E-state index contributed by atoms with van der Waals surface area (Å²) < 4.78 is 27.6. The predicted octanol–water partition coefficient (Wildman–Crippen LogP) is 5.23. The number of benzene rings is 3. The Balaban J connectivity index is 1.68. The molecular weight excluding hydrogens is 448 g/mol. The van der Waals surface area contributed by atoms with E-state index in [-0.39, 0.29) is 4.90 Å². The summed E-state index contributed by atoms with van der Waals surface area (Å²) >= 11 is 0. The van der Waals surface area contributed by atoms with Crippen LogP contribution in [0.3, 0.4) is 0 Å². The average Bonchev–Trinajstić information content (AvgIpc) is 2.99. The van der Waals surface area contributed by atoms with E-state index in [4.69, 9.17) is 9.97 Å². The molecule has 34 heavy (non-hydrogen) atoms. The highest BCUT2D eigenvalue weighted by Gasteiger charge is 2.39. The lowest BCUT2D eigenvalue weighted by Crippen LogP contribution is -2.28. The standard InChI is InChI=1S/C26H26N4O3S/c1-17-7-5-9-20(15-17)30-14-13-24(34(32,33)21-10-6-8-19(16-21)29-31)18(2)25-26(30)28-23-12-4-3-11-22(23)27-25/h3-12,15-16,18,24,29,31H,13-14H2,1-2H3. The average molecular weight is 475 g/mol. The molecule has 2 unspecified atom stereocenters. The molecule has 8 heteroatoms. The van der Waals surface area contributed by atoms with Crippen molar-refractivity contribution in [1.29, 1.82) is 0 Å². The van der Waals surface area contributed by atoms with E-state index in [1.807, 2.05) is 61.8 Å². The molecule has 0 aliphatic carbocycles. The first-order chi connectivity index (χ1) is 16.4. The molecule has 174 valence electrons. The molecule has 2 atom stereocenters. The van der Waals surface area contributed by atoms with Crippen molar-refractivity contribution in [2.75, 3.05) is 16.9 Å². The van der Waals surface area contributed by atoms with Gasteiger partial charge in [0.05, 0.1) is 32.6 Å². The molecular formula is C26H26N4O3S. The van der Waals surface area contributed by atoms with Crippen molar-refractivity contribution in [2.45, 2.75) is 36.3 Å². The Morgan fingerprint density at radius 3 is 2.44 bits per heavy atom. The third kappa shape index (κ3) is 3.89. The van der Waals surface area contributed by atoms with Crippen LogP contribution in [0.15, 0.2) is 77.7 Å². The van der Waals surface area contributed by atoms with E-state index in [1.165, 1.54) is 6.07 Å². The SMILES string of the molecule is Cc1cccc(N2CCC(S(=O)(=O)c3cccc(NO)c3)C(C)c3nc4ccccc4nc32)c1. The molecule has 1 aliphatic rings. The molecule has 4 aromatic rings. The Kier molecular flexibility index (Phi) is 5.71. The van der Waals surface area contributed by atoms with Gasteiger partial charge < -0.3 is 4.90 Å². The van der Waals surface area contributed by atoms with Crippen LogP contribution in [-0.2, 0) is 9.84 Å². The van der Waals surface area contributed by atoms with E-state index in [9.17, 15) is 13.6 Å². The smallest absolute Gasteiger partial charge is 0.182 e. The molecule has 2 N–H and O–H groups in total. The Morgan fingerprint density at radius 2 is 1.71 bits per heavy atom. The number of para-hydroxylation sites is 2. The zero-order chi connectivity index (χ0) is 23.9. The van der Waals surface area contributed by atoms with Crippen LogP contribution in [0.4, 0.5) is 17.2 Å². The van der Waals surface area contributed by atoms with Crippen LogP contribution in [0.5, 0.6) is 0 Å². The van der Waals surface area contributed by atoms with Gasteiger partial charge in [-0.25, -0.2) is 18.4 Å². The predicted molar refractivity (Wildman–Crippen MR) is 134 cm³/mol. The van der Waals surface area contributed by atoms with Gasteiger partial charge in [0, 0.05) is 18.2 Å². The summed E-state index contributed by atoms with van der Waals surface area (Å²) in [5, 5.41) is 8.58. The van der Waals surface area contributed by atoms with E-state index in [0.29, 0.717) is 30.2 Å². The fraction of sp³-hybridized carbons (Fsp3) is 0.231. The van der Waals surface area contributed by atoms with Crippen LogP contribution in [0.1, 0.15) is 30.5 Å². The number of nitrogens with one attached hydrogen (secondary N) is 1. The summed E-state index contributed by atoms with van der Waals surface area (Å²) in [5.74, 6) is 0.304. The van der Waals surface area contributed by atoms with Crippen molar-refractivity contribution in [3.8, 4) is 0 Å². The van der Waals surface area contributed by atoms with E-state index in [1.54, 1.807) is 18.2 Å². The largest absolute Gasteiger partial charge is 0.325 e. The second-order valence-electron chi connectivity index (χ2n) is 8.71. The van der Waals surface area contributed by atoms with Crippen LogP contribution in [0, 0.1) is 6.92 Å². The lowest BCUT2D eigenvalue weighted by molar-refractivity contribution is 0.388. The molecule has 7 nitrogen and oxygen atoms in total. The van der Waals surface area contributed by atoms with Crippen LogP contribution < -0.4 is 10.4 Å². The van der Waals surface area contributed by atoms with Gasteiger partial charge in [-0.3, -0.25) is 10.7 Å². The van der Waals surface area contributed by atoms with Gasteiger partial charge in [0.15, 0.2) is 15.7 Å². The summed E-state index contributed by atoms with van der Waals surface area (Å²) in [6, 6.07) is 22.0. The van der Waals surface area contributed by atoms with E-state index in [0.717, 1.165) is 22.3 Å². The number of aryl methyl sites for hydroxylation is 1. The number of hydrogen-bond acceptors (Lipinski definition) is 7. The number of nitrogens with zero attached hydrogens (tertiary/aromatic N) is 3. The van der Waals surface area contributed by atoms with E-state index >= 15 is 0 Å². The van der Waals surface area contributed by atoms with Gasteiger partial charge in [0.2, 0.25) is 0 Å². The lowest BCUT2D eigenvalue weighted by atomic mass is 10.0. The summed E-state index contributed by atoms with van der Waals surface area (Å²) in [6.07, 6.45) is 0.405. The van der Waals surface area contributed by atoms with Crippen molar-refractivity contribution in [1.82, 2.24) is 9.97 Å². The zero-order valence-electron chi connectivity index (χ0n) is 19.0. The molecule has 5 rings (SSSR count). The number of rotatable bonds is 4. The van der Waals surface area contributed by atoms with Gasteiger partial charge in [0.1, 0.15) is 0 Å². The van der Waals surface area contributed by atoms with E-state index in [2.05, 4.69) is 11.0 Å². The van der Waals surface area contributed by atoms with Gasteiger partial charge in [-0.05, 0) is 61.4 Å². The summed E-state index contributed by atoms with van der Waals surface area (Å²) in [7, 11) is -3.72. The van der Waals surface area contributed by atoms with Crippen molar-refractivity contribution in [2.24, 2.45) is 0 Å². The second kappa shape index (κ2) is 8.70. The van der Waals surface area contributed by atoms with Gasteiger partial charge in [-0.15, -0.1) is 0 Å². The van der Waals surface area contributed by atoms with Crippen LogP contribution >= 0.6 is 0 Å². The second-order valence-corrected chi connectivity index (χ2v) is 10.9. The third-order valence-corrected chi connectivity index (χ3v) is 8.82. The first-order valence-electron chi connectivity index (χ1n) is 11.2. The van der Waals surface area contributed by atoms with Gasteiger partial charge >= 0.3 is 0 Å². The number of hydrogen-bond donors (Lipinski definition) is 2. The monoisotopic (exact) mass is 474 g/mol. The fourth-order valence-electron chi connectivity index (χ4n) is 4.69. The molecule has 3 aromatic carbocycles. The molecule has 2 heterocycles. The van der Waals surface area contributed by atoms with Gasteiger partial charge in [-0.1, -0.05) is 37.3 Å². The zero-order valence-corrected chi connectivity index (χ0v) is 19.8. The molecule has 0 saturated heterocycles. The maximum absolute atomic E-state index is 13.8. The molecule has 0 saturated carbocycles. The van der Waals surface area contributed by atoms with Gasteiger partial charge in [-0.2, -0.15) is 0 Å². The highest BCUT2D eigenvalue weighted by atomic mass is 32.2. The van der Waals surface area contributed by atoms with Crippen molar-refractivity contribution in [3.05, 3.63) is 84.1 Å². The van der Waals surface area contributed by atoms with Crippen LogP contribution in [0.25, 0.3) is 11.0 Å². The molecule has 0 radical (unpaired) electrons. The minimum Gasteiger partial charge on any atom is -0.325 e. The maximum Gasteiger partial charge on any atom is 0.182 e. The summed E-state index contributed by atoms with van der Waals surface area (Å²) in [5.41, 5.74) is 6.62. The first-order valence-corrected chi connectivity index (χ1v) is 12.8. The van der Waals surface area contributed by atoms with Crippen molar-refractivity contribution >= 4 is 38.1 Å².